The first-order valence-electron chi connectivity index (χ1n) is 6.18. The van der Waals surface area contributed by atoms with Crippen LogP contribution < -0.4 is 5.73 Å². The molecule has 0 spiro atoms. The standard InChI is InChI=1S/C12H21N3S/c1-10(13)11-9-16-12(14-11)8-15-6-4-2-3-5-7-15/h9-10H,2-8,13H2,1H3. The fraction of sp³-hybridized carbons (Fsp3) is 0.750. The predicted molar refractivity (Wildman–Crippen MR) is 68.5 cm³/mol. The van der Waals surface area contributed by atoms with E-state index in [1.54, 1.807) is 11.3 Å². The molecule has 0 aromatic carbocycles. The molecule has 0 saturated carbocycles. The lowest BCUT2D eigenvalue weighted by atomic mass is 10.2. The predicted octanol–water partition coefficient (Wildman–Crippen LogP) is 2.54. The molecule has 3 nitrogen and oxygen atoms in total. The summed E-state index contributed by atoms with van der Waals surface area (Å²) in [6, 6.07) is 0.0640. The Morgan fingerprint density at radius 1 is 1.38 bits per heavy atom. The van der Waals surface area contributed by atoms with E-state index in [2.05, 4.69) is 15.3 Å². The van der Waals surface area contributed by atoms with E-state index < -0.39 is 0 Å². The van der Waals surface area contributed by atoms with Crippen molar-refractivity contribution in [3.05, 3.63) is 16.1 Å². The van der Waals surface area contributed by atoms with Gasteiger partial charge in [-0.05, 0) is 32.9 Å². The zero-order chi connectivity index (χ0) is 11.4. The molecule has 16 heavy (non-hydrogen) atoms. The number of likely N-dealkylation sites (tertiary alicyclic amines) is 1. The van der Waals surface area contributed by atoms with E-state index >= 15 is 0 Å². The number of nitrogens with two attached hydrogens (primary N) is 1. The molecule has 0 amide bonds. The lowest BCUT2D eigenvalue weighted by Gasteiger charge is -2.17. The van der Waals surface area contributed by atoms with Crippen LogP contribution in [0.25, 0.3) is 0 Å². The highest BCUT2D eigenvalue weighted by Crippen LogP contribution is 2.18. The van der Waals surface area contributed by atoms with Gasteiger partial charge < -0.3 is 5.73 Å². The van der Waals surface area contributed by atoms with Crippen LogP contribution in [0.5, 0.6) is 0 Å². The zero-order valence-electron chi connectivity index (χ0n) is 9.98. The summed E-state index contributed by atoms with van der Waals surface area (Å²) in [4.78, 5) is 7.11. The minimum absolute atomic E-state index is 0.0640. The Balaban J connectivity index is 1.91. The van der Waals surface area contributed by atoms with Gasteiger partial charge in [-0.2, -0.15) is 0 Å². The minimum atomic E-state index is 0.0640. The van der Waals surface area contributed by atoms with Gasteiger partial charge in [0.25, 0.3) is 0 Å². The second-order valence-electron chi connectivity index (χ2n) is 4.65. The van der Waals surface area contributed by atoms with Gasteiger partial charge in [0.15, 0.2) is 0 Å². The molecule has 0 aliphatic carbocycles. The first kappa shape index (κ1) is 12.0. The summed E-state index contributed by atoms with van der Waals surface area (Å²) in [5, 5.41) is 3.31. The fourth-order valence-corrected chi connectivity index (χ4v) is 3.03. The smallest absolute Gasteiger partial charge is 0.107 e. The van der Waals surface area contributed by atoms with Crippen molar-refractivity contribution >= 4 is 11.3 Å². The lowest BCUT2D eigenvalue weighted by molar-refractivity contribution is 0.276. The average Bonchev–Trinajstić information content (AvgIpc) is 2.56. The molecule has 0 radical (unpaired) electrons. The highest BCUT2D eigenvalue weighted by atomic mass is 32.1. The summed E-state index contributed by atoms with van der Waals surface area (Å²) >= 11 is 1.75. The van der Waals surface area contributed by atoms with Gasteiger partial charge in [-0.1, -0.05) is 12.8 Å². The number of aromatic nitrogens is 1. The van der Waals surface area contributed by atoms with Gasteiger partial charge in [0, 0.05) is 11.4 Å². The van der Waals surface area contributed by atoms with Crippen LogP contribution in [0.3, 0.4) is 0 Å². The monoisotopic (exact) mass is 239 g/mol. The number of thiazole rings is 1. The van der Waals surface area contributed by atoms with Crippen molar-refractivity contribution in [3.63, 3.8) is 0 Å². The zero-order valence-corrected chi connectivity index (χ0v) is 10.8. The Labute approximate surface area is 102 Å². The highest BCUT2D eigenvalue weighted by molar-refractivity contribution is 7.09. The molecule has 0 bridgehead atoms. The van der Waals surface area contributed by atoms with Gasteiger partial charge in [0.2, 0.25) is 0 Å². The van der Waals surface area contributed by atoms with E-state index in [0.29, 0.717) is 0 Å². The fourth-order valence-electron chi connectivity index (χ4n) is 2.09. The van der Waals surface area contributed by atoms with Crippen LogP contribution >= 0.6 is 11.3 Å². The van der Waals surface area contributed by atoms with Gasteiger partial charge in [-0.3, -0.25) is 4.90 Å². The molecule has 1 aliphatic rings. The maximum atomic E-state index is 5.82. The van der Waals surface area contributed by atoms with E-state index in [-0.39, 0.29) is 6.04 Å². The van der Waals surface area contributed by atoms with Gasteiger partial charge in [-0.15, -0.1) is 11.3 Å². The first-order chi connectivity index (χ1) is 7.75. The number of hydrogen-bond donors (Lipinski definition) is 1. The molecular weight excluding hydrogens is 218 g/mol. The highest BCUT2D eigenvalue weighted by Gasteiger charge is 2.12. The van der Waals surface area contributed by atoms with Gasteiger partial charge in [0.05, 0.1) is 12.2 Å². The molecular formula is C12H21N3S. The third-order valence-corrected chi connectivity index (χ3v) is 3.95. The van der Waals surface area contributed by atoms with Crippen molar-refractivity contribution in [1.82, 2.24) is 9.88 Å². The largest absolute Gasteiger partial charge is 0.323 e. The second kappa shape index (κ2) is 5.75. The van der Waals surface area contributed by atoms with Gasteiger partial charge in [-0.25, -0.2) is 4.98 Å². The quantitative estimate of drug-likeness (QED) is 0.881. The van der Waals surface area contributed by atoms with E-state index in [1.807, 2.05) is 6.92 Å². The van der Waals surface area contributed by atoms with E-state index in [0.717, 1.165) is 12.2 Å². The molecule has 90 valence electrons. The van der Waals surface area contributed by atoms with Crippen LogP contribution in [-0.4, -0.2) is 23.0 Å². The topological polar surface area (TPSA) is 42.1 Å². The Morgan fingerprint density at radius 3 is 2.62 bits per heavy atom. The average molecular weight is 239 g/mol. The van der Waals surface area contributed by atoms with Crippen molar-refractivity contribution in [2.45, 2.75) is 45.2 Å². The molecule has 2 N–H and O–H groups in total. The number of rotatable bonds is 3. The van der Waals surface area contributed by atoms with E-state index in [9.17, 15) is 0 Å². The van der Waals surface area contributed by atoms with E-state index in [1.165, 1.54) is 43.8 Å². The van der Waals surface area contributed by atoms with Crippen molar-refractivity contribution in [3.8, 4) is 0 Å². The van der Waals surface area contributed by atoms with E-state index in [4.69, 9.17) is 5.73 Å². The van der Waals surface area contributed by atoms with Crippen molar-refractivity contribution in [1.29, 1.82) is 0 Å². The summed E-state index contributed by atoms with van der Waals surface area (Å²) in [5.41, 5.74) is 6.85. The maximum absolute atomic E-state index is 5.82. The molecule has 1 aliphatic heterocycles. The summed E-state index contributed by atoms with van der Waals surface area (Å²) in [7, 11) is 0. The first-order valence-corrected chi connectivity index (χ1v) is 7.06. The van der Waals surface area contributed by atoms with Gasteiger partial charge in [0.1, 0.15) is 5.01 Å². The van der Waals surface area contributed by atoms with Crippen molar-refractivity contribution < 1.29 is 0 Å². The van der Waals surface area contributed by atoms with Crippen LogP contribution in [0.2, 0.25) is 0 Å². The lowest BCUT2D eigenvalue weighted by Crippen LogP contribution is -2.23. The summed E-state index contributed by atoms with van der Waals surface area (Å²) in [6.45, 7) is 5.46. The number of nitrogens with zero attached hydrogens (tertiary/aromatic N) is 2. The van der Waals surface area contributed by atoms with Crippen molar-refractivity contribution in [2.24, 2.45) is 5.73 Å². The minimum Gasteiger partial charge on any atom is -0.323 e. The third-order valence-electron chi connectivity index (χ3n) is 3.09. The van der Waals surface area contributed by atoms with Crippen LogP contribution in [0.15, 0.2) is 5.38 Å². The molecule has 2 rings (SSSR count). The number of hydrogen-bond acceptors (Lipinski definition) is 4. The third kappa shape index (κ3) is 3.27. The Kier molecular flexibility index (Phi) is 4.32. The Morgan fingerprint density at radius 2 is 2.06 bits per heavy atom. The second-order valence-corrected chi connectivity index (χ2v) is 5.59. The van der Waals surface area contributed by atoms with Crippen LogP contribution in [0, 0.1) is 0 Å². The molecule has 1 fully saturated rings. The molecule has 1 aromatic rings. The molecule has 1 unspecified atom stereocenters. The summed E-state index contributed by atoms with van der Waals surface area (Å²) in [6.07, 6.45) is 5.45. The molecule has 2 heterocycles. The molecule has 1 atom stereocenters. The maximum Gasteiger partial charge on any atom is 0.107 e. The summed E-state index contributed by atoms with van der Waals surface area (Å²) in [5.74, 6) is 0. The van der Waals surface area contributed by atoms with Crippen LogP contribution in [0.4, 0.5) is 0 Å². The van der Waals surface area contributed by atoms with Crippen LogP contribution in [0.1, 0.15) is 49.4 Å². The Bertz CT molecular complexity index is 314. The normalized spacial score (nSPS) is 20.6. The summed E-state index contributed by atoms with van der Waals surface area (Å²) < 4.78 is 0. The van der Waals surface area contributed by atoms with Crippen molar-refractivity contribution in [2.75, 3.05) is 13.1 Å². The molecule has 1 saturated heterocycles. The van der Waals surface area contributed by atoms with Gasteiger partial charge >= 0.3 is 0 Å². The SMILES string of the molecule is CC(N)c1csc(CN2CCCCCC2)n1. The molecule has 4 heteroatoms. The molecule has 1 aromatic heterocycles. The van der Waals surface area contributed by atoms with Crippen LogP contribution in [-0.2, 0) is 6.54 Å². The Hall–Kier alpha value is -0.450.